The molecule has 0 radical (unpaired) electrons. The molecule has 0 N–H and O–H groups in total. The molecular weight excluding hydrogens is 198 g/mol. The Morgan fingerprint density at radius 1 is 1.36 bits per heavy atom. The molecule has 0 bridgehead atoms. The summed E-state index contributed by atoms with van der Waals surface area (Å²) in [4.78, 5) is 4.42. The van der Waals surface area contributed by atoms with E-state index in [-0.39, 0.29) is 5.75 Å². The van der Waals surface area contributed by atoms with Gasteiger partial charge < -0.3 is 0 Å². The third-order valence-electron chi connectivity index (χ3n) is 2.09. The molecule has 0 aliphatic rings. The highest BCUT2D eigenvalue weighted by atomic mass is 32.2. The Labute approximate surface area is 85.1 Å². The van der Waals surface area contributed by atoms with Crippen LogP contribution >= 0.6 is 0 Å². The van der Waals surface area contributed by atoms with E-state index in [2.05, 4.69) is 4.98 Å². The molecule has 1 aromatic rings. The normalized spacial score (nSPS) is 12.0. The third kappa shape index (κ3) is 2.32. The quantitative estimate of drug-likeness (QED) is 0.771. The molecule has 0 saturated carbocycles. The standard InChI is InChI=1S/C10H15NO2S/c1-4-14(12,13)9-5-6-10(8(2)3)11-7-9/h5-8H,4H2,1-3H3. The van der Waals surface area contributed by atoms with Crippen LogP contribution in [0.5, 0.6) is 0 Å². The zero-order valence-electron chi connectivity index (χ0n) is 8.69. The van der Waals surface area contributed by atoms with E-state index >= 15 is 0 Å². The Morgan fingerprint density at radius 2 is 2.00 bits per heavy atom. The number of pyridine rings is 1. The first-order valence-electron chi connectivity index (χ1n) is 4.66. The van der Waals surface area contributed by atoms with Gasteiger partial charge in [0.25, 0.3) is 0 Å². The highest BCUT2D eigenvalue weighted by Crippen LogP contribution is 2.14. The Hall–Kier alpha value is -0.900. The van der Waals surface area contributed by atoms with Gasteiger partial charge in [-0.05, 0) is 18.1 Å². The lowest BCUT2D eigenvalue weighted by Crippen LogP contribution is -2.04. The van der Waals surface area contributed by atoms with Crippen LogP contribution in [0.4, 0.5) is 0 Å². The predicted molar refractivity (Wildman–Crippen MR) is 56.1 cm³/mol. The molecule has 1 heterocycles. The number of sulfone groups is 1. The zero-order valence-corrected chi connectivity index (χ0v) is 9.50. The molecule has 0 unspecified atom stereocenters. The maximum atomic E-state index is 11.4. The molecule has 3 nitrogen and oxygen atoms in total. The Bertz CT molecular complexity index is 393. The molecule has 0 atom stereocenters. The second-order valence-electron chi connectivity index (χ2n) is 3.48. The fourth-order valence-corrected chi connectivity index (χ4v) is 1.91. The summed E-state index contributed by atoms with van der Waals surface area (Å²) in [7, 11) is -3.10. The lowest BCUT2D eigenvalue weighted by atomic mass is 10.1. The van der Waals surface area contributed by atoms with Crippen LogP contribution in [0.3, 0.4) is 0 Å². The highest BCUT2D eigenvalue weighted by molar-refractivity contribution is 7.91. The van der Waals surface area contributed by atoms with Crippen molar-refractivity contribution in [2.45, 2.75) is 31.6 Å². The summed E-state index contributed by atoms with van der Waals surface area (Å²) in [5.41, 5.74) is 0.917. The van der Waals surface area contributed by atoms with Crippen molar-refractivity contribution in [3.05, 3.63) is 24.0 Å². The molecule has 0 fully saturated rings. The summed E-state index contributed by atoms with van der Waals surface area (Å²) in [6, 6.07) is 3.40. The minimum absolute atomic E-state index is 0.121. The number of hydrogen-bond acceptors (Lipinski definition) is 3. The van der Waals surface area contributed by atoms with Crippen LogP contribution in [-0.2, 0) is 9.84 Å². The number of aromatic nitrogens is 1. The number of nitrogens with zero attached hydrogens (tertiary/aromatic N) is 1. The predicted octanol–water partition coefficient (Wildman–Crippen LogP) is 2.00. The van der Waals surface area contributed by atoms with E-state index in [1.807, 2.05) is 13.8 Å². The average molecular weight is 213 g/mol. The molecule has 0 saturated heterocycles. The summed E-state index contributed by atoms with van der Waals surface area (Å²) < 4.78 is 22.9. The molecule has 78 valence electrons. The largest absolute Gasteiger partial charge is 0.260 e. The van der Waals surface area contributed by atoms with E-state index in [4.69, 9.17) is 0 Å². The summed E-state index contributed by atoms with van der Waals surface area (Å²) in [6.07, 6.45) is 1.44. The van der Waals surface area contributed by atoms with Gasteiger partial charge >= 0.3 is 0 Å². The SMILES string of the molecule is CCS(=O)(=O)c1ccc(C(C)C)nc1. The minimum atomic E-state index is -3.10. The Morgan fingerprint density at radius 3 is 2.36 bits per heavy atom. The van der Waals surface area contributed by atoms with E-state index in [0.717, 1.165) is 5.69 Å². The molecule has 0 amide bonds. The minimum Gasteiger partial charge on any atom is -0.260 e. The van der Waals surface area contributed by atoms with E-state index in [0.29, 0.717) is 10.8 Å². The van der Waals surface area contributed by atoms with Crippen LogP contribution in [0.15, 0.2) is 23.2 Å². The lowest BCUT2D eigenvalue weighted by molar-refractivity contribution is 0.596. The lowest BCUT2D eigenvalue weighted by Gasteiger charge is -2.05. The van der Waals surface area contributed by atoms with E-state index in [1.54, 1.807) is 19.1 Å². The van der Waals surface area contributed by atoms with Gasteiger partial charge in [0.05, 0.1) is 10.6 Å². The Balaban J connectivity index is 3.06. The molecule has 0 aliphatic carbocycles. The van der Waals surface area contributed by atoms with Crippen molar-refractivity contribution in [2.24, 2.45) is 0 Å². The van der Waals surface area contributed by atoms with E-state index in [9.17, 15) is 8.42 Å². The third-order valence-corrected chi connectivity index (χ3v) is 3.81. The van der Waals surface area contributed by atoms with Gasteiger partial charge in [-0.25, -0.2) is 8.42 Å². The molecule has 0 aliphatic heterocycles. The number of rotatable bonds is 3. The van der Waals surface area contributed by atoms with E-state index < -0.39 is 9.84 Å². The smallest absolute Gasteiger partial charge is 0.179 e. The highest BCUT2D eigenvalue weighted by Gasteiger charge is 2.11. The maximum absolute atomic E-state index is 11.4. The first kappa shape index (κ1) is 11.2. The van der Waals surface area contributed by atoms with Crippen molar-refractivity contribution in [1.82, 2.24) is 4.98 Å². The van der Waals surface area contributed by atoms with Crippen molar-refractivity contribution in [2.75, 3.05) is 5.75 Å². The van der Waals surface area contributed by atoms with Gasteiger partial charge in [-0.2, -0.15) is 0 Å². The second-order valence-corrected chi connectivity index (χ2v) is 5.76. The Kier molecular flexibility index (Phi) is 3.26. The van der Waals surface area contributed by atoms with Crippen LogP contribution in [0.1, 0.15) is 32.4 Å². The molecule has 4 heteroatoms. The van der Waals surface area contributed by atoms with Gasteiger partial charge in [0.2, 0.25) is 0 Å². The van der Waals surface area contributed by atoms with Gasteiger partial charge in [0.1, 0.15) is 0 Å². The fraction of sp³-hybridized carbons (Fsp3) is 0.500. The summed E-state index contributed by atoms with van der Waals surface area (Å²) in [5.74, 6) is 0.448. The average Bonchev–Trinajstić information content (AvgIpc) is 2.18. The van der Waals surface area contributed by atoms with Crippen LogP contribution in [0.25, 0.3) is 0 Å². The van der Waals surface area contributed by atoms with Crippen LogP contribution in [0.2, 0.25) is 0 Å². The topological polar surface area (TPSA) is 47.0 Å². The van der Waals surface area contributed by atoms with Crippen molar-refractivity contribution >= 4 is 9.84 Å². The van der Waals surface area contributed by atoms with Gasteiger partial charge in [-0.1, -0.05) is 20.8 Å². The van der Waals surface area contributed by atoms with Crippen molar-refractivity contribution in [3.63, 3.8) is 0 Å². The summed E-state index contributed by atoms with van der Waals surface area (Å²) in [6.45, 7) is 5.68. The first-order chi connectivity index (χ1) is 6.47. The zero-order chi connectivity index (χ0) is 10.8. The first-order valence-corrected chi connectivity index (χ1v) is 6.31. The van der Waals surface area contributed by atoms with Crippen LogP contribution < -0.4 is 0 Å². The van der Waals surface area contributed by atoms with Crippen LogP contribution in [-0.4, -0.2) is 19.2 Å². The monoisotopic (exact) mass is 213 g/mol. The second kappa shape index (κ2) is 4.09. The van der Waals surface area contributed by atoms with Crippen molar-refractivity contribution in [1.29, 1.82) is 0 Å². The summed E-state index contributed by atoms with van der Waals surface area (Å²) >= 11 is 0. The van der Waals surface area contributed by atoms with Gasteiger partial charge in [-0.15, -0.1) is 0 Å². The van der Waals surface area contributed by atoms with Gasteiger partial charge in [-0.3, -0.25) is 4.98 Å². The molecule has 0 aromatic carbocycles. The molecule has 14 heavy (non-hydrogen) atoms. The fourth-order valence-electron chi connectivity index (χ4n) is 1.08. The molecule has 0 spiro atoms. The van der Waals surface area contributed by atoms with Crippen molar-refractivity contribution < 1.29 is 8.42 Å². The van der Waals surface area contributed by atoms with E-state index in [1.165, 1.54) is 6.20 Å². The van der Waals surface area contributed by atoms with Gasteiger partial charge in [0, 0.05) is 11.9 Å². The molecule has 1 aromatic heterocycles. The molecule has 1 rings (SSSR count). The summed E-state index contributed by atoms with van der Waals surface area (Å²) in [5, 5.41) is 0. The maximum Gasteiger partial charge on any atom is 0.179 e. The number of hydrogen-bond donors (Lipinski definition) is 0. The van der Waals surface area contributed by atoms with Gasteiger partial charge in [0.15, 0.2) is 9.84 Å². The molecular formula is C10H15NO2S. The van der Waals surface area contributed by atoms with Crippen LogP contribution in [0, 0.1) is 0 Å². The van der Waals surface area contributed by atoms with Crippen molar-refractivity contribution in [3.8, 4) is 0 Å².